The monoisotopic (exact) mass is 473 g/mol. The Morgan fingerprint density at radius 1 is 1.21 bits per heavy atom. The third-order valence-electron chi connectivity index (χ3n) is 4.60. The van der Waals surface area contributed by atoms with E-state index in [9.17, 15) is 24.1 Å². The largest absolute Gasteiger partial charge is 0.490 e. The summed E-state index contributed by atoms with van der Waals surface area (Å²) in [7, 11) is 1.29. The molecule has 2 aromatic carbocycles. The number of rotatable bonds is 8. The molecular formula is C22H20FN3O6S. The Balaban J connectivity index is 2.06. The predicted molar refractivity (Wildman–Crippen MR) is 119 cm³/mol. The number of carbonyl (C=O) groups is 2. The van der Waals surface area contributed by atoms with E-state index in [1.54, 1.807) is 13.8 Å². The van der Waals surface area contributed by atoms with Crippen molar-refractivity contribution in [1.29, 1.82) is 0 Å². The maximum atomic E-state index is 13.4. The van der Waals surface area contributed by atoms with Crippen LogP contribution < -0.4 is 9.64 Å². The van der Waals surface area contributed by atoms with Crippen LogP contribution in [0, 0.1) is 22.9 Å². The molecule has 33 heavy (non-hydrogen) atoms. The normalized spacial score (nSPS) is 10.5. The Bertz CT molecular complexity index is 1200. The highest BCUT2D eigenvalue weighted by Gasteiger charge is 2.27. The SMILES string of the molecule is CCOC(=O)c1sc(N(Cc2ccc(F)cc2)C(=O)c2ccc(OC)c([N+](=O)[O-])c2)nc1C. The van der Waals surface area contributed by atoms with Crippen molar-refractivity contribution >= 4 is 34.0 Å². The van der Waals surface area contributed by atoms with E-state index in [1.165, 1.54) is 48.4 Å². The topological polar surface area (TPSA) is 112 Å². The number of nitrogens with zero attached hydrogens (tertiary/aromatic N) is 3. The van der Waals surface area contributed by atoms with Gasteiger partial charge >= 0.3 is 11.7 Å². The molecule has 0 radical (unpaired) electrons. The number of hydrogen-bond donors (Lipinski definition) is 0. The fourth-order valence-electron chi connectivity index (χ4n) is 3.00. The van der Waals surface area contributed by atoms with Crippen LogP contribution in [0.4, 0.5) is 15.2 Å². The zero-order chi connectivity index (χ0) is 24.1. The molecular weight excluding hydrogens is 453 g/mol. The molecule has 3 aromatic rings. The summed E-state index contributed by atoms with van der Waals surface area (Å²) in [6.07, 6.45) is 0. The highest BCUT2D eigenvalue weighted by Crippen LogP contribution is 2.32. The minimum Gasteiger partial charge on any atom is -0.490 e. The molecule has 0 atom stereocenters. The van der Waals surface area contributed by atoms with Crippen LogP contribution in [0.15, 0.2) is 42.5 Å². The van der Waals surface area contributed by atoms with Crippen LogP contribution >= 0.6 is 11.3 Å². The van der Waals surface area contributed by atoms with Crippen molar-refractivity contribution in [3.63, 3.8) is 0 Å². The molecule has 1 heterocycles. The van der Waals surface area contributed by atoms with Gasteiger partial charge in [-0.25, -0.2) is 14.2 Å². The van der Waals surface area contributed by atoms with Crippen molar-refractivity contribution < 1.29 is 28.4 Å². The average molecular weight is 473 g/mol. The molecule has 0 N–H and O–H groups in total. The van der Waals surface area contributed by atoms with E-state index in [2.05, 4.69) is 4.98 Å². The molecule has 9 nitrogen and oxygen atoms in total. The molecule has 172 valence electrons. The number of ether oxygens (including phenoxy) is 2. The summed E-state index contributed by atoms with van der Waals surface area (Å²) in [6, 6.07) is 9.39. The number of aryl methyl sites for hydroxylation is 1. The first-order valence-electron chi connectivity index (χ1n) is 9.78. The lowest BCUT2D eigenvalue weighted by molar-refractivity contribution is -0.385. The second-order valence-corrected chi connectivity index (χ2v) is 7.77. The number of anilines is 1. The van der Waals surface area contributed by atoms with Crippen molar-refractivity contribution in [2.75, 3.05) is 18.6 Å². The number of carbonyl (C=O) groups excluding carboxylic acids is 2. The first-order chi connectivity index (χ1) is 15.7. The van der Waals surface area contributed by atoms with Crippen LogP contribution in [0.5, 0.6) is 5.75 Å². The van der Waals surface area contributed by atoms with Gasteiger partial charge in [-0.15, -0.1) is 0 Å². The molecule has 11 heteroatoms. The molecule has 0 aliphatic carbocycles. The number of aromatic nitrogens is 1. The summed E-state index contributed by atoms with van der Waals surface area (Å²) in [5, 5.41) is 11.6. The number of halogens is 1. The average Bonchev–Trinajstić information content (AvgIpc) is 3.19. The zero-order valence-electron chi connectivity index (χ0n) is 18.0. The number of amides is 1. The number of methoxy groups -OCH3 is 1. The van der Waals surface area contributed by atoms with Crippen molar-refractivity contribution in [2.45, 2.75) is 20.4 Å². The van der Waals surface area contributed by atoms with Gasteiger partial charge in [0.15, 0.2) is 10.9 Å². The van der Waals surface area contributed by atoms with Gasteiger partial charge in [0, 0.05) is 11.6 Å². The van der Waals surface area contributed by atoms with Crippen molar-refractivity contribution in [3.05, 3.63) is 80.1 Å². The van der Waals surface area contributed by atoms with E-state index in [4.69, 9.17) is 9.47 Å². The molecule has 0 saturated heterocycles. The second-order valence-electron chi connectivity index (χ2n) is 6.79. The Morgan fingerprint density at radius 2 is 1.91 bits per heavy atom. The Hall–Kier alpha value is -3.86. The molecule has 0 spiro atoms. The fraction of sp³-hybridized carbons (Fsp3) is 0.227. The van der Waals surface area contributed by atoms with E-state index in [-0.39, 0.29) is 40.2 Å². The number of nitro benzene ring substituents is 1. The molecule has 1 amide bonds. The van der Waals surface area contributed by atoms with Gasteiger partial charge in [0.1, 0.15) is 10.7 Å². The van der Waals surface area contributed by atoms with Gasteiger partial charge in [0.2, 0.25) is 0 Å². The molecule has 3 rings (SSSR count). The molecule has 0 unspecified atom stereocenters. The third-order valence-corrected chi connectivity index (χ3v) is 5.76. The number of esters is 1. The number of thiazole rings is 1. The standard InChI is InChI=1S/C22H20FN3O6S/c1-4-32-21(28)19-13(2)24-22(33-19)25(12-14-5-8-16(23)9-6-14)20(27)15-7-10-18(31-3)17(11-15)26(29)30/h5-11H,4,12H2,1-3H3. The summed E-state index contributed by atoms with van der Waals surface area (Å²) >= 11 is 0.966. The van der Waals surface area contributed by atoms with Gasteiger partial charge in [0.25, 0.3) is 5.91 Å². The van der Waals surface area contributed by atoms with E-state index in [0.29, 0.717) is 11.3 Å². The van der Waals surface area contributed by atoms with Gasteiger partial charge in [-0.2, -0.15) is 0 Å². The molecule has 0 saturated carbocycles. The Morgan fingerprint density at radius 3 is 2.52 bits per heavy atom. The van der Waals surface area contributed by atoms with Crippen molar-refractivity contribution in [2.24, 2.45) is 0 Å². The molecule has 0 aliphatic rings. The lowest BCUT2D eigenvalue weighted by Crippen LogP contribution is -2.30. The smallest absolute Gasteiger partial charge is 0.350 e. The summed E-state index contributed by atoms with van der Waals surface area (Å²) in [4.78, 5) is 42.3. The maximum absolute atomic E-state index is 13.4. The second kappa shape index (κ2) is 10.2. The fourth-order valence-corrected chi connectivity index (χ4v) is 3.96. The van der Waals surface area contributed by atoms with Crippen LogP contribution in [0.25, 0.3) is 0 Å². The number of hydrogen-bond acceptors (Lipinski definition) is 8. The molecule has 0 fully saturated rings. The van der Waals surface area contributed by atoms with Crippen LogP contribution in [0.1, 0.15) is 38.2 Å². The van der Waals surface area contributed by atoms with Gasteiger partial charge in [-0.3, -0.25) is 19.8 Å². The Kier molecular flexibility index (Phi) is 7.34. The van der Waals surface area contributed by atoms with Gasteiger partial charge in [-0.1, -0.05) is 23.5 Å². The lowest BCUT2D eigenvalue weighted by Gasteiger charge is -2.20. The number of nitro groups is 1. The van der Waals surface area contributed by atoms with Crippen molar-refractivity contribution in [1.82, 2.24) is 4.98 Å². The predicted octanol–water partition coefficient (Wildman–Crippen LogP) is 4.53. The molecule has 0 bridgehead atoms. The first kappa shape index (κ1) is 23.8. The Labute approximate surface area is 192 Å². The minimum absolute atomic E-state index is 0.00579. The van der Waals surface area contributed by atoms with E-state index in [0.717, 1.165) is 17.4 Å². The summed E-state index contributed by atoms with van der Waals surface area (Å²) in [5.41, 5.74) is 0.632. The number of benzene rings is 2. The minimum atomic E-state index is -0.647. The quantitative estimate of drug-likeness (QED) is 0.268. The van der Waals surface area contributed by atoms with Crippen LogP contribution in [0.3, 0.4) is 0 Å². The highest BCUT2D eigenvalue weighted by molar-refractivity contribution is 7.17. The van der Waals surface area contributed by atoms with Crippen molar-refractivity contribution in [3.8, 4) is 5.75 Å². The summed E-state index contributed by atoms with van der Waals surface area (Å²) in [5.74, 6) is -1.57. The first-order valence-corrected chi connectivity index (χ1v) is 10.6. The molecule has 1 aromatic heterocycles. The molecule has 0 aliphatic heterocycles. The lowest BCUT2D eigenvalue weighted by atomic mass is 10.1. The van der Waals surface area contributed by atoms with E-state index < -0.39 is 22.6 Å². The summed E-state index contributed by atoms with van der Waals surface area (Å²) < 4.78 is 23.4. The summed E-state index contributed by atoms with van der Waals surface area (Å²) in [6.45, 7) is 3.47. The van der Waals surface area contributed by atoms with Crippen LogP contribution in [-0.4, -0.2) is 35.5 Å². The van der Waals surface area contributed by atoms with Crippen LogP contribution in [-0.2, 0) is 11.3 Å². The van der Waals surface area contributed by atoms with Gasteiger partial charge < -0.3 is 9.47 Å². The third kappa shape index (κ3) is 5.32. The van der Waals surface area contributed by atoms with Gasteiger partial charge in [0.05, 0.1) is 30.9 Å². The van der Waals surface area contributed by atoms with Gasteiger partial charge in [-0.05, 0) is 43.7 Å². The van der Waals surface area contributed by atoms with E-state index in [1.807, 2.05) is 0 Å². The highest BCUT2D eigenvalue weighted by atomic mass is 32.1. The van der Waals surface area contributed by atoms with E-state index >= 15 is 0 Å². The van der Waals surface area contributed by atoms with Crippen LogP contribution in [0.2, 0.25) is 0 Å². The zero-order valence-corrected chi connectivity index (χ0v) is 18.8. The maximum Gasteiger partial charge on any atom is 0.350 e.